The van der Waals surface area contributed by atoms with Gasteiger partial charge in [-0.25, -0.2) is 9.66 Å². The Bertz CT molecular complexity index is 844. The van der Waals surface area contributed by atoms with Gasteiger partial charge in [-0.15, -0.1) is 21.5 Å². The van der Waals surface area contributed by atoms with E-state index in [1.54, 1.807) is 12.1 Å². The number of thiazole rings is 1. The minimum absolute atomic E-state index is 0.0247. The lowest BCUT2D eigenvalue weighted by Gasteiger charge is -2.05. The highest BCUT2D eigenvalue weighted by Gasteiger charge is 2.38. The smallest absolute Gasteiger partial charge is 0.335 e. The first-order valence-corrected chi connectivity index (χ1v) is 8.70. The number of rotatable bonds is 4. The average molecular weight is 392 g/mol. The van der Waals surface area contributed by atoms with E-state index in [1.807, 2.05) is 17.5 Å². The van der Waals surface area contributed by atoms with Crippen LogP contribution < -0.4 is 5.84 Å². The van der Waals surface area contributed by atoms with Crippen LogP contribution in [-0.2, 0) is 11.9 Å². The minimum atomic E-state index is -4.64. The lowest BCUT2D eigenvalue weighted by molar-refractivity contribution is -0.146. The summed E-state index contributed by atoms with van der Waals surface area (Å²) in [5.41, 5.74) is 1.63. The molecule has 11 heteroatoms. The van der Waals surface area contributed by atoms with Gasteiger partial charge in [0, 0.05) is 21.7 Å². The number of benzene rings is 1. The number of alkyl halides is 3. The van der Waals surface area contributed by atoms with Crippen LogP contribution in [0.3, 0.4) is 0 Å². The molecule has 0 amide bonds. The molecule has 3 rings (SSSR count). The molecule has 5 nitrogen and oxygen atoms in total. The molecule has 2 N–H and O–H groups in total. The topological polar surface area (TPSA) is 69.6 Å². The van der Waals surface area contributed by atoms with Gasteiger partial charge < -0.3 is 5.84 Å². The first-order valence-electron chi connectivity index (χ1n) is 6.45. The van der Waals surface area contributed by atoms with Crippen LogP contribution in [0, 0.1) is 0 Å². The number of nitrogens with two attached hydrogens (primary N) is 1. The van der Waals surface area contributed by atoms with Crippen molar-refractivity contribution < 1.29 is 13.2 Å². The summed E-state index contributed by atoms with van der Waals surface area (Å²) in [6, 6.07) is 7.24. The Morgan fingerprint density at radius 2 is 1.92 bits per heavy atom. The van der Waals surface area contributed by atoms with Gasteiger partial charge in [0.1, 0.15) is 5.01 Å². The van der Waals surface area contributed by atoms with Crippen LogP contribution in [0.25, 0.3) is 10.6 Å². The van der Waals surface area contributed by atoms with Crippen molar-refractivity contribution >= 4 is 34.7 Å². The van der Waals surface area contributed by atoms with Crippen molar-refractivity contribution in [3.63, 3.8) is 0 Å². The SMILES string of the molecule is Nn1c(SCc2csc(-c3ccc(Cl)cc3)n2)nnc1C(F)(F)F. The van der Waals surface area contributed by atoms with E-state index in [9.17, 15) is 13.2 Å². The number of hydrogen-bond acceptors (Lipinski definition) is 6. The molecule has 0 spiro atoms. The molecule has 2 heterocycles. The van der Waals surface area contributed by atoms with Crippen molar-refractivity contribution in [3.05, 3.63) is 46.2 Å². The van der Waals surface area contributed by atoms with Gasteiger partial charge in [0.2, 0.25) is 5.16 Å². The van der Waals surface area contributed by atoms with Crippen LogP contribution in [0.15, 0.2) is 34.8 Å². The normalized spacial score (nSPS) is 11.8. The van der Waals surface area contributed by atoms with Gasteiger partial charge in [-0.05, 0) is 12.1 Å². The van der Waals surface area contributed by atoms with Crippen molar-refractivity contribution in [2.75, 3.05) is 5.84 Å². The Morgan fingerprint density at radius 3 is 2.54 bits per heavy atom. The summed E-state index contributed by atoms with van der Waals surface area (Å²) in [5.74, 6) is 4.48. The van der Waals surface area contributed by atoms with Crippen molar-refractivity contribution in [3.8, 4) is 10.6 Å². The summed E-state index contributed by atoms with van der Waals surface area (Å²) in [4.78, 5) is 4.44. The summed E-state index contributed by atoms with van der Waals surface area (Å²) < 4.78 is 38.3. The van der Waals surface area contributed by atoms with Gasteiger partial charge in [0.15, 0.2) is 0 Å². The monoisotopic (exact) mass is 391 g/mol. The molecule has 0 aliphatic carbocycles. The van der Waals surface area contributed by atoms with Crippen molar-refractivity contribution in [2.45, 2.75) is 17.1 Å². The van der Waals surface area contributed by atoms with Gasteiger partial charge in [-0.2, -0.15) is 13.2 Å². The Hall–Kier alpha value is -1.78. The van der Waals surface area contributed by atoms with Gasteiger partial charge in [-0.3, -0.25) is 0 Å². The molecule has 126 valence electrons. The number of thioether (sulfide) groups is 1. The van der Waals surface area contributed by atoms with Gasteiger partial charge in [-0.1, -0.05) is 35.5 Å². The second-order valence-electron chi connectivity index (χ2n) is 4.61. The fourth-order valence-corrected chi connectivity index (χ4v) is 3.61. The van der Waals surface area contributed by atoms with E-state index < -0.39 is 12.0 Å². The number of nitrogens with zero attached hydrogens (tertiary/aromatic N) is 4. The van der Waals surface area contributed by atoms with Crippen molar-refractivity contribution in [1.29, 1.82) is 0 Å². The zero-order chi connectivity index (χ0) is 17.3. The lowest BCUT2D eigenvalue weighted by Crippen LogP contribution is -2.21. The van der Waals surface area contributed by atoms with Crippen LogP contribution in [0.2, 0.25) is 5.02 Å². The number of halogens is 4. The fraction of sp³-hybridized carbons (Fsp3) is 0.154. The molecular weight excluding hydrogens is 383 g/mol. The zero-order valence-electron chi connectivity index (χ0n) is 11.8. The third-order valence-electron chi connectivity index (χ3n) is 2.91. The molecule has 0 aliphatic heterocycles. The van der Waals surface area contributed by atoms with E-state index in [4.69, 9.17) is 17.4 Å². The van der Waals surface area contributed by atoms with E-state index in [0.29, 0.717) is 21.1 Å². The Morgan fingerprint density at radius 1 is 1.21 bits per heavy atom. The predicted molar refractivity (Wildman–Crippen MR) is 87.3 cm³/mol. The number of aromatic nitrogens is 4. The summed E-state index contributed by atoms with van der Waals surface area (Å²) in [6.45, 7) is 0. The Kier molecular flexibility index (Phi) is 4.70. The van der Waals surface area contributed by atoms with Crippen LogP contribution in [0.4, 0.5) is 13.2 Å². The first-order chi connectivity index (χ1) is 11.3. The average Bonchev–Trinajstić information content (AvgIpc) is 3.12. The highest BCUT2D eigenvalue weighted by Crippen LogP contribution is 2.31. The van der Waals surface area contributed by atoms with E-state index in [-0.39, 0.29) is 5.16 Å². The van der Waals surface area contributed by atoms with Crippen LogP contribution in [-0.4, -0.2) is 19.9 Å². The summed E-state index contributed by atoms with van der Waals surface area (Å²) in [5, 5.41) is 9.78. The largest absolute Gasteiger partial charge is 0.453 e. The third kappa shape index (κ3) is 3.65. The third-order valence-corrected chi connectivity index (χ3v) is 5.08. The molecule has 1 aromatic carbocycles. The molecule has 0 fully saturated rings. The summed E-state index contributed by atoms with van der Waals surface area (Å²) in [6.07, 6.45) is -4.64. The molecule has 0 radical (unpaired) electrons. The highest BCUT2D eigenvalue weighted by molar-refractivity contribution is 7.98. The van der Waals surface area contributed by atoms with Crippen molar-refractivity contribution in [1.82, 2.24) is 19.9 Å². The molecule has 0 unspecified atom stereocenters. The van der Waals surface area contributed by atoms with Crippen LogP contribution in [0.1, 0.15) is 11.5 Å². The van der Waals surface area contributed by atoms with E-state index in [2.05, 4.69) is 15.2 Å². The maximum absolute atomic E-state index is 12.6. The van der Waals surface area contributed by atoms with E-state index in [1.165, 1.54) is 11.3 Å². The van der Waals surface area contributed by atoms with E-state index in [0.717, 1.165) is 22.3 Å². The van der Waals surface area contributed by atoms with E-state index >= 15 is 0 Å². The molecule has 24 heavy (non-hydrogen) atoms. The number of hydrogen-bond donors (Lipinski definition) is 1. The Labute approximate surface area is 147 Å². The van der Waals surface area contributed by atoms with Crippen LogP contribution >= 0.6 is 34.7 Å². The van der Waals surface area contributed by atoms with Crippen LogP contribution in [0.5, 0.6) is 0 Å². The molecule has 0 atom stereocenters. The second-order valence-corrected chi connectivity index (χ2v) is 6.85. The maximum Gasteiger partial charge on any atom is 0.453 e. The summed E-state index contributed by atoms with van der Waals surface area (Å²) in [7, 11) is 0. The lowest BCUT2D eigenvalue weighted by atomic mass is 10.2. The molecule has 2 aromatic heterocycles. The zero-order valence-corrected chi connectivity index (χ0v) is 14.2. The minimum Gasteiger partial charge on any atom is -0.335 e. The first kappa shape index (κ1) is 17.1. The standard InChI is InChI=1S/C13H9ClF3N5S2/c14-8-3-1-7(2-4-8)10-19-9(5-23-10)6-24-12-21-20-11(22(12)18)13(15,16)17/h1-5H,6,18H2. The predicted octanol–water partition coefficient (Wildman–Crippen LogP) is 4.08. The highest BCUT2D eigenvalue weighted by atomic mass is 35.5. The van der Waals surface area contributed by atoms with Gasteiger partial charge >= 0.3 is 6.18 Å². The molecule has 0 saturated carbocycles. The van der Waals surface area contributed by atoms with Crippen molar-refractivity contribution in [2.24, 2.45) is 0 Å². The molecule has 0 bridgehead atoms. The number of nitrogen functional groups attached to an aromatic ring is 1. The maximum atomic E-state index is 12.6. The quantitative estimate of drug-likeness (QED) is 0.536. The van der Waals surface area contributed by atoms with Gasteiger partial charge in [0.05, 0.1) is 5.69 Å². The molecule has 3 aromatic rings. The molecule has 0 saturated heterocycles. The molecular formula is C13H9ClF3N5S2. The van der Waals surface area contributed by atoms with Gasteiger partial charge in [0.25, 0.3) is 5.82 Å². The Balaban J connectivity index is 1.70. The second kappa shape index (κ2) is 6.61. The molecule has 0 aliphatic rings. The fourth-order valence-electron chi connectivity index (χ4n) is 1.81. The summed E-state index contributed by atoms with van der Waals surface area (Å²) >= 11 is 8.31.